The zero-order chi connectivity index (χ0) is 15.8. The first kappa shape index (κ1) is 17.1. The zero-order valence-electron chi connectivity index (χ0n) is 13.3. The fourth-order valence-corrected chi connectivity index (χ4v) is 2.24. The van der Waals surface area contributed by atoms with Crippen molar-refractivity contribution in [2.24, 2.45) is 0 Å². The third-order valence-corrected chi connectivity index (χ3v) is 3.06. The molecule has 2 rings (SSSR count). The molecule has 21 heavy (non-hydrogen) atoms. The summed E-state index contributed by atoms with van der Waals surface area (Å²) in [5.41, 5.74) is 1.74. The van der Waals surface area contributed by atoms with E-state index in [4.69, 9.17) is 9.52 Å². The Bertz CT molecular complexity index is 568. The SMILES string of the molecule is CC.CCCN(CCC)c1ccc2oc(C(=O)O)cc2c1. The van der Waals surface area contributed by atoms with Gasteiger partial charge in [0.05, 0.1) is 0 Å². The zero-order valence-corrected chi connectivity index (χ0v) is 13.3. The molecule has 116 valence electrons. The lowest BCUT2D eigenvalue weighted by Crippen LogP contribution is -2.24. The Hall–Kier alpha value is -1.97. The van der Waals surface area contributed by atoms with Crippen LogP contribution in [0.15, 0.2) is 28.7 Å². The standard InChI is InChI=1S/C15H19NO3.C2H6/c1-3-7-16(8-4-2)12-5-6-13-11(9-12)10-14(19-13)15(17)18;1-2/h5-6,9-10H,3-4,7-8H2,1-2H3,(H,17,18);1-2H3. The normalized spacial score (nSPS) is 10.1. The van der Waals surface area contributed by atoms with E-state index in [2.05, 4.69) is 18.7 Å². The lowest BCUT2D eigenvalue weighted by atomic mass is 10.2. The van der Waals surface area contributed by atoms with E-state index < -0.39 is 5.97 Å². The van der Waals surface area contributed by atoms with Gasteiger partial charge in [0.15, 0.2) is 0 Å². The Morgan fingerprint density at radius 2 is 1.76 bits per heavy atom. The highest BCUT2D eigenvalue weighted by Gasteiger charge is 2.12. The molecule has 4 heteroatoms. The van der Waals surface area contributed by atoms with Crippen LogP contribution in [-0.2, 0) is 0 Å². The molecule has 0 saturated carbocycles. The molecule has 1 aromatic heterocycles. The maximum absolute atomic E-state index is 10.9. The summed E-state index contributed by atoms with van der Waals surface area (Å²) in [6.07, 6.45) is 2.17. The average Bonchev–Trinajstić information content (AvgIpc) is 2.92. The second-order valence-corrected chi connectivity index (χ2v) is 4.62. The number of hydrogen-bond donors (Lipinski definition) is 1. The minimum atomic E-state index is -1.03. The van der Waals surface area contributed by atoms with E-state index in [1.807, 2.05) is 32.0 Å². The number of fused-ring (bicyclic) bond motifs is 1. The quantitative estimate of drug-likeness (QED) is 0.831. The smallest absolute Gasteiger partial charge is 0.371 e. The predicted molar refractivity (Wildman–Crippen MR) is 87.3 cm³/mol. The van der Waals surface area contributed by atoms with Crippen LogP contribution in [0.25, 0.3) is 11.0 Å². The van der Waals surface area contributed by atoms with Gasteiger partial charge in [-0.2, -0.15) is 0 Å². The third kappa shape index (κ3) is 4.25. The Labute approximate surface area is 126 Å². The van der Waals surface area contributed by atoms with Gasteiger partial charge in [-0.05, 0) is 37.1 Å². The van der Waals surface area contributed by atoms with E-state index in [-0.39, 0.29) is 5.76 Å². The van der Waals surface area contributed by atoms with E-state index in [9.17, 15) is 4.79 Å². The molecule has 0 atom stereocenters. The van der Waals surface area contributed by atoms with Crippen LogP contribution in [0.4, 0.5) is 5.69 Å². The van der Waals surface area contributed by atoms with Crippen molar-refractivity contribution in [3.63, 3.8) is 0 Å². The number of anilines is 1. The van der Waals surface area contributed by atoms with Crippen LogP contribution in [0, 0.1) is 0 Å². The molecule has 0 amide bonds. The molecule has 0 spiro atoms. The number of furan rings is 1. The number of rotatable bonds is 6. The van der Waals surface area contributed by atoms with Gasteiger partial charge in [0, 0.05) is 24.2 Å². The van der Waals surface area contributed by atoms with Crippen molar-refractivity contribution >= 4 is 22.6 Å². The molecular weight excluding hydrogens is 266 g/mol. The second-order valence-electron chi connectivity index (χ2n) is 4.62. The fourth-order valence-electron chi connectivity index (χ4n) is 2.24. The van der Waals surface area contributed by atoms with Gasteiger partial charge in [0.1, 0.15) is 5.58 Å². The maximum Gasteiger partial charge on any atom is 0.371 e. The number of carboxylic acid groups (broad SMARTS) is 1. The van der Waals surface area contributed by atoms with Crippen LogP contribution < -0.4 is 4.90 Å². The van der Waals surface area contributed by atoms with E-state index in [0.717, 1.165) is 37.0 Å². The Morgan fingerprint density at radius 1 is 1.14 bits per heavy atom. The molecule has 1 heterocycles. The predicted octanol–water partition coefficient (Wildman–Crippen LogP) is 4.78. The number of nitrogens with zero attached hydrogens (tertiary/aromatic N) is 1. The van der Waals surface area contributed by atoms with E-state index in [1.54, 1.807) is 6.07 Å². The highest BCUT2D eigenvalue weighted by Crippen LogP contribution is 2.25. The molecule has 0 saturated heterocycles. The molecule has 1 N–H and O–H groups in total. The van der Waals surface area contributed by atoms with Crippen molar-refractivity contribution < 1.29 is 14.3 Å². The summed E-state index contributed by atoms with van der Waals surface area (Å²) >= 11 is 0. The average molecular weight is 291 g/mol. The molecule has 4 nitrogen and oxygen atoms in total. The maximum atomic E-state index is 10.9. The summed E-state index contributed by atoms with van der Waals surface area (Å²) in [7, 11) is 0. The van der Waals surface area contributed by atoms with Gasteiger partial charge in [-0.25, -0.2) is 4.79 Å². The number of carboxylic acids is 1. The molecular formula is C17H25NO3. The fraction of sp³-hybridized carbons (Fsp3) is 0.471. The number of aromatic carboxylic acids is 1. The highest BCUT2D eigenvalue weighted by molar-refractivity contribution is 5.92. The van der Waals surface area contributed by atoms with E-state index >= 15 is 0 Å². The van der Waals surface area contributed by atoms with Crippen molar-refractivity contribution in [3.8, 4) is 0 Å². The minimum absolute atomic E-state index is 0.00955. The van der Waals surface area contributed by atoms with Crippen molar-refractivity contribution in [1.29, 1.82) is 0 Å². The summed E-state index contributed by atoms with van der Waals surface area (Å²) in [6, 6.07) is 7.41. The first-order chi connectivity index (χ1) is 10.2. The molecule has 0 aliphatic heterocycles. The van der Waals surface area contributed by atoms with Crippen molar-refractivity contribution in [2.75, 3.05) is 18.0 Å². The lowest BCUT2D eigenvalue weighted by molar-refractivity contribution is 0.0665. The molecule has 0 aliphatic carbocycles. The van der Waals surface area contributed by atoms with Gasteiger partial charge in [0.2, 0.25) is 5.76 Å². The first-order valence-electron chi connectivity index (χ1n) is 7.67. The van der Waals surface area contributed by atoms with Gasteiger partial charge >= 0.3 is 5.97 Å². The lowest BCUT2D eigenvalue weighted by Gasteiger charge is -2.23. The molecule has 0 bridgehead atoms. The topological polar surface area (TPSA) is 53.7 Å². The van der Waals surface area contributed by atoms with Crippen LogP contribution in [-0.4, -0.2) is 24.2 Å². The summed E-state index contributed by atoms with van der Waals surface area (Å²) < 4.78 is 5.27. The monoisotopic (exact) mass is 291 g/mol. The highest BCUT2D eigenvalue weighted by atomic mass is 16.4. The number of hydrogen-bond acceptors (Lipinski definition) is 3. The summed E-state index contributed by atoms with van der Waals surface area (Å²) in [5, 5.41) is 9.77. The molecule has 0 aliphatic rings. The van der Waals surface area contributed by atoms with Gasteiger partial charge in [-0.1, -0.05) is 27.7 Å². The van der Waals surface area contributed by atoms with Crippen LogP contribution >= 0.6 is 0 Å². The van der Waals surface area contributed by atoms with Crippen LogP contribution in [0.2, 0.25) is 0 Å². The first-order valence-corrected chi connectivity index (χ1v) is 7.67. The van der Waals surface area contributed by atoms with Gasteiger partial charge < -0.3 is 14.4 Å². The Balaban J connectivity index is 0.00000106. The molecule has 0 unspecified atom stereocenters. The molecule has 1 aromatic carbocycles. The van der Waals surface area contributed by atoms with Crippen molar-refractivity contribution in [1.82, 2.24) is 0 Å². The third-order valence-electron chi connectivity index (χ3n) is 3.06. The van der Waals surface area contributed by atoms with Crippen LogP contribution in [0.5, 0.6) is 0 Å². The summed E-state index contributed by atoms with van der Waals surface area (Å²) in [5.74, 6) is -1.04. The van der Waals surface area contributed by atoms with Gasteiger partial charge in [0.25, 0.3) is 0 Å². The van der Waals surface area contributed by atoms with Crippen LogP contribution in [0.3, 0.4) is 0 Å². The number of carbonyl (C=O) groups is 1. The van der Waals surface area contributed by atoms with Crippen LogP contribution in [0.1, 0.15) is 51.1 Å². The molecule has 0 radical (unpaired) electrons. The molecule has 2 aromatic rings. The van der Waals surface area contributed by atoms with E-state index in [0.29, 0.717) is 5.58 Å². The molecule has 0 fully saturated rings. The van der Waals surface area contributed by atoms with Crippen molar-refractivity contribution in [3.05, 3.63) is 30.0 Å². The summed E-state index contributed by atoms with van der Waals surface area (Å²) in [4.78, 5) is 13.2. The Morgan fingerprint density at radius 3 is 2.29 bits per heavy atom. The van der Waals surface area contributed by atoms with Gasteiger partial charge in [-0.15, -0.1) is 0 Å². The summed E-state index contributed by atoms with van der Waals surface area (Å²) in [6.45, 7) is 10.3. The minimum Gasteiger partial charge on any atom is -0.475 e. The second kappa shape index (κ2) is 8.35. The Kier molecular flexibility index (Phi) is 6.79. The van der Waals surface area contributed by atoms with E-state index in [1.165, 1.54) is 0 Å². The number of benzene rings is 1. The van der Waals surface area contributed by atoms with Crippen molar-refractivity contribution in [2.45, 2.75) is 40.5 Å². The van der Waals surface area contributed by atoms with Gasteiger partial charge in [-0.3, -0.25) is 0 Å². The largest absolute Gasteiger partial charge is 0.475 e.